The molecule has 2 bridgehead atoms. The summed E-state index contributed by atoms with van der Waals surface area (Å²) in [5, 5.41) is 3.54. The Balaban J connectivity index is 1.24. The molecule has 0 radical (unpaired) electrons. The highest BCUT2D eigenvalue weighted by atomic mass is 35.5. The molecule has 6 nitrogen and oxygen atoms in total. The van der Waals surface area contributed by atoms with Gasteiger partial charge in [-0.3, -0.25) is 14.7 Å². The molecule has 3 aliphatic rings. The number of amides is 1. The minimum Gasteiger partial charge on any atom is -0.448 e. The fraction of sp³-hybridized carbons (Fsp3) is 0.524. The zero-order chi connectivity index (χ0) is 19.3. The van der Waals surface area contributed by atoms with Crippen LogP contribution in [-0.2, 0) is 11.3 Å². The van der Waals surface area contributed by atoms with Crippen molar-refractivity contribution in [2.24, 2.45) is 11.8 Å². The lowest BCUT2D eigenvalue weighted by molar-refractivity contribution is 0.00168. The summed E-state index contributed by atoms with van der Waals surface area (Å²) in [5.41, 5.74) is 1.44. The third-order valence-corrected chi connectivity index (χ3v) is 6.74. The number of hydrogen-bond donors (Lipinski definition) is 1. The Morgan fingerprint density at radius 1 is 1.39 bits per heavy atom. The Bertz CT molecular complexity index is 883. The van der Waals surface area contributed by atoms with E-state index >= 15 is 0 Å². The highest BCUT2D eigenvalue weighted by Gasteiger charge is 2.62. The normalized spacial score (nSPS) is 31.3. The van der Waals surface area contributed by atoms with Gasteiger partial charge < -0.3 is 14.5 Å². The highest BCUT2D eigenvalue weighted by Crippen LogP contribution is 2.54. The summed E-state index contributed by atoms with van der Waals surface area (Å²) in [4.78, 5) is 19.1. The summed E-state index contributed by atoms with van der Waals surface area (Å²) in [6.45, 7) is 5.17. The van der Waals surface area contributed by atoms with Crippen molar-refractivity contribution in [1.29, 1.82) is 0 Å². The molecule has 3 fully saturated rings. The molecule has 148 valence electrons. The average Bonchev–Trinajstić information content (AvgIpc) is 3.41. The monoisotopic (exact) mass is 401 g/mol. The van der Waals surface area contributed by atoms with Crippen molar-refractivity contribution in [3.8, 4) is 0 Å². The van der Waals surface area contributed by atoms with Gasteiger partial charge in [0.25, 0.3) is 5.91 Å². The van der Waals surface area contributed by atoms with E-state index in [-0.39, 0.29) is 17.6 Å². The van der Waals surface area contributed by atoms with Crippen molar-refractivity contribution in [3.05, 3.63) is 52.7 Å². The quantitative estimate of drug-likeness (QED) is 0.834. The zero-order valence-electron chi connectivity index (χ0n) is 15.9. The summed E-state index contributed by atoms with van der Waals surface area (Å²) in [5.74, 6) is 1.60. The van der Waals surface area contributed by atoms with Crippen LogP contribution in [0.15, 0.2) is 34.9 Å². The van der Waals surface area contributed by atoms with Gasteiger partial charge in [0.2, 0.25) is 0 Å². The summed E-state index contributed by atoms with van der Waals surface area (Å²) in [6, 6.07) is 7.40. The molecule has 7 heteroatoms. The van der Waals surface area contributed by atoms with Crippen molar-refractivity contribution in [2.75, 3.05) is 19.6 Å². The lowest BCUT2D eigenvalue weighted by Crippen LogP contribution is -2.41. The predicted octanol–water partition coefficient (Wildman–Crippen LogP) is 3.05. The molecule has 1 amide bonds. The Morgan fingerprint density at radius 2 is 2.29 bits per heavy atom. The van der Waals surface area contributed by atoms with Gasteiger partial charge in [-0.1, -0.05) is 0 Å². The number of likely N-dealkylation sites (tertiary alicyclic amines) is 1. The highest BCUT2D eigenvalue weighted by molar-refractivity contribution is 6.28. The zero-order valence-corrected chi connectivity index (χ0v) is 16.6. The standard InChI is InChI=1S/C21H24ClN3O3/c1-13-2-3-14(8-23-13)20(26)24-9-16-17-11-25(10-15-4-5-19(22)27-15)12-21(17)7-6-18(16)28-21/h2-5,8,16-18H,6-7,9-12H2,1H3,(H,24,26)/t16-,17+,18+,21+/m0/s1. The van der Waals surface area contributed by atoms with Gasteiger partial charge in [0.1, 0.15) is 5.76 Å². The number of halogens is 1. The largest absolute Gasteiger partial charge is 0.448 e. The van der Waals surface area contributed by atoms with Crippen LogP contribution >= 0.6 is 11.6 Å². The van der Waals surface area contributed by atoms with Crippen molar-refractivity contribution in [3.63, 3.8) is 0 Å². The number of nitrogens with one attached hydrogen (secondary N) is 1. The smallest absolute Gasteiger partial charge is 0.252 e. The number of carbonyl (C=O) groups is 1. The maximum Gasteiger partial charge on any atom is 0.252 e. The second-order valence-corrected chi connectivity index (χ2v) is 8.68. The minimum atomic E-state index is -0.0676. The molecule has 0 aromatic carbocycles. The van der Waals surface area contributed by atoms with Crippen LogP contribution in [0.4, 0.5) is 0 Å². The number of fused-ring (bicyclic) bond motifs is 1. The fourth-order valence-electron chi connectivity index (χ4n) is 5.25. The van der Waals surface area contributed by atoms with Gasteiger partial charge in [-0.05, 0) is 55.6 Å². The summed E-state index contributed by atoms with van der Waals surface area (Å²) in [7, 11) is 0. The van der Waals surface area contributed by atoms with Crippen LogP contribution in [0.25, 0.3) is 0 Å². The van der Waals surface area contributed by atoms with E-state index < -0.39 is 0 Å². The average molecular weight is 402 g/mol. The molecule has 1 spiro atoms. The van der Waals surface area contributed by atoms with E-state index in [2.05, 4.69) is 15.2 Å². The van der Waals surface area contributed by atoms with Gasteiger partial charge in [0.05, 0.1) is 23.8 Å². The molecule has 3 aliphatic heterocycles. The van der Waals surface area contributed by atoms with E-state index in [1.807, 2.05) is 25.1 Å². The first-order chi connectivity index (χ1) is 13.5. The number of aromatic nitrogens is 1. The van der Waals surface area contributed by atoms with E-state index in [1.165, 1.54) is 0 Å². The molecular weight excluding hydrogens is 378 g/mol. The number of pyridine rings is 1. The molecule has 0 unspecified atom stereocenters. The summed E-state index contributed by atoms with van der Waals surface area (Å²) >= 11 is 5.90. The van der Waals surface area contributed by atoms with Crippen LogP contribution in [0, 0.1) is 18.8 Å². The topological polar surface area (TPSA) is 67.6 Å². The maximum atomic E-state index is 12.5. The molecule has 28 heavy (non-hydrogen) atoms. The molecule has 2 aromatic rings. The molecule has 0 aliphatic carbocycles. The van der Waals surface area contributed by atoms with Crippen LogP contribution in [0.1, 0.15) is 34.7 Å². The van der Waals surface area contributed by atoms with Gasteiger partial charge in [-0.25, -0.2) is 0 Å². The number of rotatable bonds is 5. The summed E-state index contributed by atoms with van der Waals surface area (Å²) < 4.78 is 12.0. The first kappa shape index (κ1) is 18.2. The van der Waals surface area contributed by atoms with Gasteiger partial charge in [0, 0.05) is 43.4 Å². The van der Waals surface area contributed by atoms with Gasteiger partial charge in [-0.2, -0.15) is 0 Å². The minimum absolute atomic E-state index is 0.0654. The predicted molar refractivity (Wildman–Crippen MR) is 104 cm³/mol. The number of aryl methyl sites for hydroxylation is 1. The first-order valence-corrected chi connectivity index (χ1v) is 10.3. The fourth-order valence-corrected chi connectivity index (χ4v) is 5.41. The van der Waals surface area contributed by atoms with Crippen LogP contribution in [0.2, 0.25) is 5.22 Å². The molecule has 5 rings (SSSR count). The third-order valence-electron chi connectivity index (χ3n) is 6.53. The molecule has 5 heterocycles. The Morgan fingerprint density at radius 3 is 3.04 bits per heavy atom. The molecule has 1 N–H and O–H groups in total. The van der Waals surface area contributed by atoms with Crippen LogP contribution in [0.3, 0.4) is 0 Å². The Hall–Kier alpha value is -1.89. The van der Waals surface area contributed by atoms with Crippen LogP contribution in [0.5, 0.6) is 0 Å². The molecule has 2 aromatic heterocycles. The lowest BCUT2D eigenvalue weighted by atomic mass is 9.73. The lowest BCUT2D eigenvalue weighted by Gasteiger charge is -2.29. The maximum absolute atomic E-state index is 12.5. The third kappa shape index (κ3) is 3.13. The molecule has 3 saturated heterocycles. The Kier molecular flexibility index (Phi) is 4.45. The van der Waals surface area contributed by atoms with E-state index in [4.69, 9.17) is 20.8 Å². The second-order valence-electron chi connectivity index (χ2n) is 8.30. The van der Waals surface area contributed by atoms with Crippen molar-refractivity contribution >= 4 is 17.5 Å². The van der Waals surface area contributed by atoms with Crippen molar-refractivity contribution in [1.82, 2.24) is 15.2 Å². The SMILES string of the molecule is Cc1ccc(C(=O)NC[C@H]2[C@H]3CN(Cc4ccc(Cl)o4)C[C@]34CC[C@H]2O4)cn1. The number of furan rings is 1. The first-order valence-electron chi connectivity index (χ1n) is 9.88. The molecular formula is C21H24ClN3O3. The van der Waals surface area contributed by atoms with Gasteiger partial charge >= 0.3 is 0 Å². The van der Waals surface area contributed by atoms with E-state index in [0.717, 1.165) is 43.9 Å². The van der Waals surface area contributed by atoms with Gasteiger partial charge in [-0.15, -0.1) is 0 Å². The van der Waals surface area contributed by atoms with Crippen molar-refractivity contribution < 1.29 is 13.9 Å². The number of ether oxygens (including phenoxy) is 1. The van der Waals surface area contributed by atoms with Crippen molar-refractivity contribution in [2.45, 2.75) is 38.0 Å². The molecule has 0 saturated carbocycles. The second kappa shape index (κ2) is 6.87. The van der Waals surface area contributed by atoms with E-state index in [9.17, 15) is 4.79 Å². The van der Waals surface area contributed by atoms with Crippen LogP contribution in [-0.4, -0.2) is 47.1 Å². The van der Waals surface area contributed by atoms with E-state index in [1.54, 1.807) is 12.3 Å². The van der Waals surface area contributed by atoms with Crippen LogP contribution < -0.4 is 5.32 Å². The van der Waals surface area contributed by atoms with E-state index in [0.29, 0.717) is 29.2 Å². The summed E-state index contributed by atoms with van der Waals surface area (Å²) in [6.07, 6.45) is 4.06. The Labute approximate surface area is 169 Å². The van der Waals surface area contributed by atoms with Gasteiger partial charge in [0.15, 0.2) is 5.22 Å². The number of nitrogens with zero attached hydrogens (tertiary/aromatic N) is 2. The number of hydrogen-bond acceptors (Lipinski definition) is 5. The number of carbonyl (C=O) groups excluding carboxylic acids is 1. The molecule has 4 atom stereocenters.